The molecule has 0 unspecified atom stereocenters. The number of aromatic nitrogens is 2. The Kier molecular flexibility index (Phi) is 4.20. The Labute approximate surface area is 132 Å². The van der Waals surface area contributed by atoms with E-state index in [-0.39, 0.29) is 6.61 Å². The van der Waals surface area contributed by atoms with Crippen LogP contribution in [-0.4, -0.2) is 17.3 Å². The first-order valence-electron chi connectivity index (χ1n) is 6.89. The third kappa shape index (κ3) is 3.30. The number of benzene rings is 2. The molecule has 0 aliphatic carbocycles. The second-order valence-electron chi connectivity index (χ2n) is 4.63. The molecule has 0 radical (unpaired) electrons. The van der Waals surface area contributed by atoms with Crippen LogP contribution in [0.1, 0.15) is 11.5 Å². The van der Waals surface area contributed by atoms with Crippen LogP contribution >= 0.6 is 0 Å². The molecule has 0 saturated heterocycles. The van der Waals surface area contributed by atoms with Crippen molar-refractivity contribution < 1.29 is 13.9 Å². The number of rotatable bonds is 5. The minimum atomic E-state index is 0.0991. The van der Waals surface area contributed by atoms with Gasteiger partial charge in [0.2, 0.25) is 5.89 Å². The van der Waals surface area contributed by atoms with Crippen LogP contribution in [0, 0.1) is 11.3 Å². The number of hydrogen-bond donors (Lipinski definition) is 0. The Morgan fingerprint density at radius 3 is 2.61 bits per heavy atom. The third-order valence-corrected chi connectivity index (χ3v) is 3.16. The van der Waals surface area contributed by atoms with Gasteiger partial charge in [0.05, 0.1) is 12.7 Å². The fourth-order valence-electron chi connectivity index (χ4n) is 1.99. The van der Waals surface area contributed by atoms with Gasteiger partial charge in [0.15, 0.2) is 6.61 Å². The molecule has 3 aromatic rings. The molecule has 0 saturated carbocycles. The summed E-state index contributed by atoms with van der Waals surface area (Å²) < 4.78 is 16.2. The maximum atomic E-state index is 9.02. The quantitative estimate of drug-likeness (QED) is 0.720. The first-order valence-corrected chi connectivity index (χ1v) is 6.89. The summed E-state index contributed by atoms with van der Waals surface area (Å²) in [5.41, 5.74) is 1.25. The zero-order valence-corrected chi connectivity index (χ0v) is 12.4. The fraction of sp³-hybridized carbons (Fsp3) is 0.118. The Hall–Kier alpha value is -3.33. The predicted octanol–water partition coefficient (Wildman–Crippen LogP) is 3.20. The topological polar surface area (TPSA) is 81.2 Å². The van der Waals surface area contributed by atoms with Crippen molar-refractivity contribution in [3.63, 3.8) is 0 Å². The molecule has 0 N–H and O–H groups in total. The van der Waals surface area contributed by atoms with Gasteiger partial charge in [-0.1, -0.05) is 12.1 Å². The van der Waals surface area contributed by atoms with E-state index in [0.717, 1.165) is 11.3 Å². The molecule has 1 aromatic heterocycles. The van der Waals surface area contributed by atoms with Gasteiger partial charge in [-0.15, -0.1) is 10.2 Å². The number of nitrogens with zero attached hydrogens (tertiary/aromatic N) is 3. The molecule has 0 spiro atoms. The molecule has 2 aromatic carbocycles. The van der Waals surface area contributed by atoms with Crippen LogP contribution in [0.15, 0.2) is 52.9 Å². The smallest absolute Gasteiger partial charge is 0.254 e. The maximum absolute atomic E-state index is 9.02. The van der Waals surface area contributed by atoms with Crippen LogP contribution in [-0.2, 0) is 6.61 Å². The normalized spacial score (nSPS) is 10.1. The second kappa shape index (κ2) is 6.62. The Morgan fingerprint density at radius 2 is 1.87 bits per heavy atom. The molecule has 0 fully saturated rings. The lowest BCUT2D eigenvalue weighted by Gasteiger charge is -2.04. The van der Waals surface area contributed by atoms with Gasteiger partial charge in [0.1, 0.15) is 17.6 Å². The predicted molar refractivity (Wildman–Crippen MR) is 81.8 cm³/mol. The van der Waals surface area contributed by atoms with Crippen LogP contribution in [0.2, 0.25) is 0 Å². The van der Waals surface area contributed by atoms with Gasteiger partial charge in [-0.05, 0) is 36.4 Å². The Morgan fingerprint density at radius 1 is 1.09 bits per heavy atom. The van der Waals surface area contributed by atoms with Gasteiger partial charge in [-0.2, -0.15) is 5.26 Å². The lowest BCUT2D eigenvalue weighted by atomic mass is 10.2. The summed E-state index contributed by atoms with van der Waals surface area (Å²) in [6.45, 7) is 0.0991. The van der Waals surface area contributed by atoms with Gasteiger partial charge in [0.25, 0.3) is 5.89 Å². The van der Waals surface area contributed by atoms with E-state index >= 15 is 0 Å². The SMILES string of the molecule is COc1ccc(-c2nnc(COc3ccccc3C#N)o2)cc1. The molecule has 3 rings (SSSR count). The number of nitriles is 1. The van der Waals surface area contributed by atoms with E-state index in [9.17, 15) is 0 Å². The first-order chi connectivity index (χ1) is 11.3. The third-order valence-electron chi connectivity index (χ3n) is 3.16. The number of methoxy groups -OCH3 is 1. The van der Waals surface area contributed by atoms with Gasteiger partial charge in [-0.3, -0.25) is 0 Å². The number of para-hydroxylation sites is 1. The highest BCUT2D eigenvalue weighted by Crippen LogP contribution is 2.22. The zero-order valence-electron chi connectivity index (χ0n) is 12.4. The maximum Gasteiger partial charge on any atom is 0.254 e. The lowest BCUT2D eigenvalue weighted by molar-refractivity contribution is 0.264. The first kappa shape index (κ1) is 14.6. The largest absolute Gasteiger partial charge is 0.497 e. The van der Waals surface area contributed by atoms with E-state index in [2.05, 4.69) is 16.3 Å². The van der Waals surface area contributed by atoms with Crippen LogP contribution in [0.5, 0.6) is 11.5 Å². The summed E-state index contributed by atoms with van der Waals surface area (Å²) in [5.74, 6) is 1.98. The van der Waals surface area contributed by atoms with Crippen LogP contribution in [0.4, 0.5) is 0 Å². The average Bonchev–Trinajstić information content (AvgIpc) is 3.09. The highest BCUT2D eigenvalue weighted by Gasteiger charge is 2.10. The van der Waals surface area contributed by atoms with Crippen molar-refractivity contribution >= 4 is 0 Å². The van der Waals surface area contributed by atoms with E-state index in [1.807, 2.05) is 24.3 Å². The van der Waals surface area contributed by atoms with Gasteiger partial charge >= 0.3 is 0 Å². The van der Waals surface area contributed by atoms with Gasteiger partial charge in [0, 0.05) is 5.56 Å². The average molecular weight is 307 g/mol. The van der Waals surface area contributed by atoms with E-state index < -0.39 is 0 Å². The summed E-state index contributed by atoms with van der Waals surface area (Å²) in [6.07, 6.45) is 0. The van der Waals surface area contributed by atoms with E-state index in [1.165, 1.54) is 0 Å². The standard InChI is InChI=1S/C17H13N3O3/c1-21-14-8-6-12(7-9-14)17-20-19-16(23-17)11-22-15-5-3-2-4-13(15)10-18/h2-9H,11H2,1H3. The molecular formula is C17H13N3O3. The highest BCUT2D eigenvalue weighted by atomic mass is 16.5. The van der Waals surface area contributed by atoms with Crippen LogP contribution in [0.25, 0.3) is 11.5 Å². The van der Waals surface area contributed by atoms with Crippen molar-refractivity contribution in [1.82, 2.24) is 10.2 Å². The molecule has 0 atom stereocenters. The van der Waals surface area contributed by atoms with Crippen LogP contribution < -0.4 is 9.47 Å². The van der Waals surface area contributed by atoms with Gasteiger partial charge < -0.3 is 13.9 Å². The minimum Gasteiger partial charge on any atom is -0.497 e. The molecule has 6 heteroatoms. The second-order valence-corrected chi connectivity index (χ2v) is 4.63. The van der Waals surface area contributed by atoms with Gasteiger partial charge in [-0.25, -0.2) is 0 Å². The molecule has 0 bridgehead atoms. The van der Waals surface area contributed by atoms with E-state index in [4.69, 9.17) is 19.2 Å². The Bertz CT molecular complexity index is 835. The minimum absolute atomic E-state index is 0.0991. The molecule has 6 nitrogen and oxygen atoms in total. The van der Waals surface area contributed by atoms with E-state index in [0.29, 0.717) is 23.1 Å². The summed E-state index contributed by atoms with van der Waals surface area (Å²) in [7, 11) is 1.61. The molecule has 0 aliphatic heterocycles. The molecule has 1 heterocycles. The van der Waals surface area contributed by atoms with Crippen molar-refractivity contribution in [3.05, 3.63) is 60.0 Å². The van der Waals surface area contributed by atoms with Crippen LogP contribution in [0.3, 0.4) is 0 Å². The summed E-state index contributed by atoms with van der Waals surface area (Å²) >= 11 is 0. The zero-order chi connectivity index (χ0) is 16.1. The molecule has 0 amide bonds. The van der Waals surface area contributed by atoms with Crippen molar-refractivity contribution in [3.8, 4) is 29.0 Å². The summed E-state index contributed by atoms with van der Waals surface area (Å²) in [5, 5.41) is 17.0. The van der Waals surface area contributed by atoms with Crippen molar-refractivity contribution in [1.29, 1.82) is 5.26 Å². The van der Waals surface area contributed by atoms with E-state index in [1.54, 1.807) is 31.4 Å². The highest BCUT2D eigenvalue weighted by molar-refractivity contribution is 5.53. The molecule has 23 heavy (non-hydrogen) atoms. The van der Waals surface area contributed by atoms with Crippen molar-refractivity contribution in [2.75, 3.05) is 7.11 Å². The summed E-state index contributed by atoms with van der Waals surface area (Å²) in [4.78, 5) is 0. The Balaban J connectivity index is 1.71. The number of hydrogen-bond acceptors (Lipinski definition) is 6. The molecule has 0 aliphatic rings. The molecular weight excluding hydrogens is 294 g/mol. The number of ether oxygens (including phenoxy) is 2. The summed E-state index contributed by atoms with van der Waals surface area (Å²) in [6, 6.07) is 16.4. The van der Waals surface area contributed by atoms with Crippen molar-refractivity contribution in [2.45, 2.75) is 6.61 Å². The monoisotopic (exact) mass is 307 g/mol. The fourth-order valence-corrected chi connectivity index (χ4v) is 1.99. The van der Waals surface area contributed by atoms with Crippen molar-refractivity contribution in [2.24, 2.45) is 0 Å². The lowest BCUT2D eigenvalue weighted by Crippen LogP contribution is -1.97. The molecule has 114 valence electrons.